The summed E-state index contributed by atoms with van der Waals surface area (Å²) in [5.74, 6) is -0.539. The minimum atomic E-state index is -0.740. The van der Waals surface area contributed by atoms with Crippen LogP contribution in [0.15, 0.2) is 18.2 Å². The standard InChI is InChI=1S/C23H30N2O7/c1-12(2)32-22(27)20-13(3)21(25-15(20)5)23(28)31-11-19(26)24-14(4)17-10-16(29-6)8-9-18(17)30-7/h8-10,12,14,25H,11H2,1-7H3,(H,24,26). The van der Waals surface area contributed by atoms with Gasteiger partial charge in [0.2, 0.25) is 0 Å². The second-order valence-electron chi connectivity index (χ2n) is 7.55. The van der Waals surface area contributed by atoms with Crippen molar-refractivity contribution in [2.75, 3.05) is 20.8 Å². The summed E-state index contributed by atoms with van der Waals surface area (Å²) in [6, 6.07) is 4.84. The number of nitrogens with one attached hydrogen (secondary N) is 2. The normalized spacial score (nSPS) is 11.6. The third-order valence-electron chi connectivity index (χ3n) is 4.80. The average molecular weight is 447 g/mol. The molecule has 2 aromatic rings. The predicted octanol–water partition coefficient (Wildman–Crippen LogP) is 3.25. The third kappa shape index (κ3) is 5.81. The summed E-state index contributed by atoms with van der Waals surface area (Å²) in [4.78, 5) is 40.0. The van der Waals surface area contributed by atoms with E-state index in [-0.39, 0.29) is 17.4 Å². The number of aromatic nitrogens is 1. The van der Waals surface area contributed by atoms with E-state index in [1.54, 1.807) is 59.9 Å². The first-order valence-electron chi connectivity index (χ1n) is 10.2. The van der Waals surface area contributed by atoms with Gasteiger partial charge >= 0.3 is 11.9 Å². The molecule has 0 bridgehead atoms. The highest BCUT2D eigenvalue weighted by molar-refractivity contribution is 5.99. The zero-order valence-electron chi connectivity index (χ0n) is 19.5. The van der Waals surface area contributed by atoms with Crippen molar-refractivity contribution in [2.45, 2.75) is 46.8 Å². The molecule has 0 radical (unpaired) electrons. The van der Waals surface area contributed by atoms with Crippen LogP contribution in [0.25, 0.3) is 0 Å². The largest absolute Gasteiger partial charge is 0.497 e. The van der Waals surface area contributed by atoms with Gasteiger partial charge < -0.3 is 29.2 Å². The lowest BCUT2D eigenvalue weighted by Gasteiger charge is -2.18. The maximum Gasteiger partial charge on any atom is 0.355 e. The van der Waals surface area contributed by atoms with Crippen LogP contribution in [0, 0.1) is 13.8 Å². The van der Waals surface area contributed by atoms with Crippen molar-refractivity contribution in [3.63, 3.8) is 0 Å². The van der Waals surface area contributed by atoms with E-state index in [9.17, 15) is 14.4 Å². The van der Waals surface area contributed by atoms with E-state index < -0.39 is 30.5 Å². The van der Waals surface area contributed by atoms with Gasteiger partial charge in [-0.05, 0) is 58.4 Å². The molecular formula is C23H30N2O7. The predicted molar refractivity (Wildman–Crippen MR) is 117 cm³/mol. The highest BCUT2D eigenvalue weighted by Gasteiger charge is 2.25. The Labute approximate surface area is 187 Å². The number of hydrogen-bond donors (Lipinski definition) is 2. The number of aromatic amines is 1. The Balaban J connectivity index is 2.03. The molecule has 1 amide bonds. The number of hydrogen-bond acceptors (Lipinski definition) is 7. The summed E-state index contributed by atoms with van der Waals surface area (Å²) >= 11 is 0. The second-order valence-corrected chi connectivity index (χ2v) is 7.55. The van der Waals surface area contributed by atoms with Crippen molar-refractivity contribution in [1.29, 1.82) is 0 Å². The molecule has 0 saturated heterocycles. The number of rotatable bonds is 9. The van der Waals surface area contributed by atoms with E-state index in [0.717, 1.165) is 5.56 Å². The molecule has 0 spiro atoms. The minimum Gasteiger partial charge on any atom is -0.497 e. The van der Waals surface area contributed by atoms with Crippen molar-refractivity contribution >= 4 is 17.8 Å². The molecule has 1 aromatic carbocycles. The highest BCUT2D eigenvalue weighted by Crippen LogP contribution is 2.29. The number of methoxy groups -OCH3 is 2. The topological polar surface area (TPSA) is 116 Å². The second kappa shape index (κ2) is 10.7. The SMILES string of the molecule is COc1ccc(OC)c(C(C)NC(=O)COC(=O)c2[nH]c(C)c(C(=O)OC(C)C)c2C)c1. The van der Waals surface area contributed by atoms with Gasteiger partial charge in [0, 0.05) is 11.3 Å². The van der Waals surface area contributed by atoms with Gasteiger partial charge in [0.25, 0.3) is 5.91 Å². The number of carbonyl (C=O) groups excluding carboxylic acids is 3. The van der Waals surface area contributed by atoms with Gasteiger partial charge in [0.05, 0.1) is 31.9 Å². The van der Waals surface area contributed by atoms with Crippen molar-refractivity contribution in [3.05, 3.63) is 46.3 Å². The molecule has 2 N–H and O–H groups in total. The third-order valence-corrected chi connectivity index (χ3v) is 4.80. The van der Waals surface area contributed by atoms with Crippen LogP contribution >= 0.6 is 0 Å². The van der Waals surface area contributed by atoms with Crippen molar-refractivity contribution < 1.29 is 33.3 Å². The summed E-state index contributed by atoms with van der Waals surface area (Å²) in [6.07, 6.45) is -0.291. The summed E-state index contributed by atoms with van der Waals surface area (Å²) in [5.41, 5.74) is 2.01. The maximum atomic E-state index is 12.5. The zero-order chi connectivity index (χ0) is 24.0. The molecule has 9 nitrogen and oxygen atoms in total. The van der Waals surface area contributed by atoms with Crippen LogP contribution in [0.4, 0.5) is 0 Å². The summed E-state index contributed by atoms with van der Waals surface area (Å²) in [6.45, 7) is 8.06. The van der Waals surface area contributed by atoms with E-state index in [2.05, 4.69) is 10.3 Å². The van der Waals surface area contributed by atoms with Crippen LogP contribution in [0.3, 0.4) is 0 Å². The lowest BCUT2D eigenvalue weighted by molar-refractivity contribution is -0.124. The van der Waals surface area contributed by atoms with E-state index in [4.69, 9.17) is 18.9 Å². The van der Waals surface area contributed by atoms with Gasteiger partial charge in [-0.15, -0.1) is 0 Å². The van der Waals surface area contributed by atoms with Gasteiger partial charge in [0.1, 0.15) is 17.2 Å². The monoisotopic (exact) mass is 446 g/mol. The van der Waals surface area contributed by atoms with Crippen LogP contribution in [-0.4, -0.2) is 49.8 Å². The number of benzene rings is 1. The van der Waals surface area contributed by atoms with E-state index in [0.29, 0.717) is 22.8 Å². The molecule has 2 rings (SSSR count). The van der Waals surface area contributed by atoms with Gasteiger partial charge in [-0.1, -0.05) is 0 Å². The zero-order valence-corrected chi connectivity index (χ0v) is 19.5. The Morgan fingerprint density at radius 2 is 1.72 bits per heavy atom. The Morgan fingerprint density at radius 1 is 1.03 bits per heavy atom. The number of esters is 2. The van der Waals surface area contributed by atoms with E-state index in [1.165, 1.54) is 7.11 Å². The number of H-pyrrole nitrogens is 1. The fourth-order valence-electron chi connectivity index (χ4n) is 3.28. The first-order valence-corrected chi connectivity index (χ1v) is 10.2. The van der Waals surface area contributed by atoms with Gasteiger partial charge in [-0.2, -0.15) is 0 Å². The molecule has 0 aliphatic rings. The molecule has 1 heterocycles. The Kier molecular flexibility index (Phi) is 8.28. The number of aryl methyl sites for hydroxylation is 1. The minimum absolute atomic E-state index is 0.105. The van der Waals surface area contributed by atoms with Crippen LogP contribution < -0.4 is 14.8 Å². The molecule has 0 aliphatic heterocycles. The fraction of sp³-hybridized carbons (Fsp3) is 0.435. The number of amides is 1. The first kappa shape index (κ1) is 24.8. The molecule has 0 saturated carbocycles. The summed E-state index contributed by atoms with van der Waals surface area (Å²) in [5, 5.41) is 2.76. The van der Waals surface area contributed by atoms with Crippen LogP contribution in [0.1, 0.15) is 64.5 Å². The number of ether oxygens (including phenoxy) is 4. The van der Waals surface area contributed by atoms with Gasteiger partial charge in [-0.25, -0.2) is 9.59 Å². The Hall–Kier alpha value is -3.49. The van der Waals surface area contributed by atoms with Gasteiger partial charge in [-0.3, -0.25) is 4.79 Å². The molecule has 1 aromatic heterocycles. The molecular weight excluding hydrogens is 416 g/mol. The fourth-order valence-corrected chi connectivity index (χ4v) is 3.28. The lowest BCUT2D eigenvalue weighted by atomic mass is 10.1. The van der Waals surface area contributed by atoms with E-state index in [1.807, 2.05) is 0 Å². The van der Waals surface area contributed by atoms with Gasteiger partial charge in [0.15, 0.2) is 6.61 Å². The maximum absolute atomic E-state index is 12.5. The average Bonchev–Trinajstić information content (AvgIpc) is 3.04. The van der Waals surface area contributed by atoms with Crippen molar-refractivity contribution in [3.8, 4) is 11.5 Å². The molecule has 0 aliphatic carbocycles. The van der Waals surface area contributed by atoms with Crippen molar-refractivity contribution in [1.82, 2.24) is 10.3 Å². The van der Waals surface area contributed by atoms with Crippen LogP contribution in [0.5, 0.6) is 11.5 Å². The molecule has 174 valence electrons. The first-order chi connectivity index (χ1) is 15.1. The van der Waals surface area contributed by atoms with Crippen LogP contribution in [0.2, 0.25) is 0 Å². The molecule has 32 heavy (non-hydrogen) atoms. The smallest absolute Gasteiger partial charge is 0.355 e. The molecule has 0 fully saturated rings. The Morgan fingerprint density at radius 3 is 2.31 bits per heavy atom. The Bertz CT molecular complexity index is 994. The lowest BCUT2D eigenvalue weighted by Crippen LogP contribution is -2.31. The molecule has 1 atom stereocenters. The quantitative estimate of drug-likeness (QED) is 0.568. The summed E-state index contributed by atoms with van der Waals surface area (Å²) < 4.78 is 20.9. The molecule has 9 heteroatoms. The molecule has 1 unspecified atom stereocenters. The highest BCUT2D eigenvalue weighted by atomic mass is 16.5. The van der Waals surface area contributed by atoms with Crippen LogP contribution in [-0.2, 0) is 14.3 Å². The van der Waals surface area contributed by atoms with E-state index >= 15 is 0 Å². The van der Waals surface area contributed by atoms with Crippen molar-refractivity contribution in [2.24, 2.45) is 0 Å². The summed E-state index contributed by atoms with van der Waals surface area (Å²) in [7, 11) is 3.08. The number of carbonyl (C=O) groups is 3.